The minimum atomic E-state index is -1.06. The van der Waals surface area contributed by atoms with Crippen LogP contribution in [-0.2, 0) is 9.53 Å². The summed E-state index contributed by atoms with van der Waals surface area (Å²) in [5.41, 5.74) is 2.34. The van der Waals surface area contributed by atoms with E-state index in [1.54, 1.807) is 7.11 Å². The predicted octanol–water partition coefficient (Wildman–Crippen LogP) is 1.66. The lowest BCUT2D eigenvalue weighted by atomic mass is 10.1. The van der Waals surface area contributed by atoms with Crippen molar-refractivity contribution in [3.8, 4) is 0 Å². The summed E-state index contributed by atoms with van der Waals surface area (Å²) >= 11 is 3.52. The van der Waals surface area contributed by atoms with Crippen molar-refractivity contribution in [1.29, 1.82) is 0 Å². The molecule has 5 nitrogen and oxygen atoms in total. The summed E-state index contributed by atoms with van der Waals surface area (Å²) in [5, 5.41) is 12.4. The molecular weight excluding hydrogens is 312 g/mol. The average molecular weight is 327 g/mol. The van der Waals surface area contributed by atoms with Crippen LogP contribution >= 0.6 is 15.9 Å². The van der Waals surface area contributed by atoms with Crippen LogP contribution < -0.4 is 10.2 Å². The van der Waals surface area contributed by atoms with E-state index in [1.807, 2.05) is 12.1 Å². The lowest BCUT2D eigenvalue weighted by molar-refractivity contribution is -0.123. The van der Waals surface area contributed by atoms with Crippen LogP contribution in [0.4, 0.5) is 11.4 Å². The van der Waals surface area contributed by atoms with Gasteiger partial charge in [0.25, 0.3) is 5.91 Å². The molecule has 1 fully saturated rings. The third-order valence-electron chi connectivity index (χ3n) is 3.74. The van der Waals surface area contributed by atoms with Crippen molar-refractivity contribution in [2.75, 3.05) is 30.4 Å². The summed E-state index contributed by atoms with van der Waals surface area (Å²) in [6.07, 6.45) is 0.181. The van der Waals surface area contributed by atoms with Gasteiger partial charge in [0, 0.05) is 35.9 Å². The second-order valence-electron chi connectivity index (χ2n) is 4.88. The van der Waals surface area contributed by atoms with Gasteiger partial charge in [-0.15, -0.1) is 0 Å². The fourth-order valence-electron chi connectivity index (χ4n) is 2.64. The zero-order valence-corrected chi connectivity index (χ0v) is 12.1. The first-order valence-electron chi connectivity index (χ1n) is 6.20. The Labute approximate surface area is 119 Å². The number of nitrogens with zero attached hydrogens (tertiary/aromatic N) is 1. The van der Waals surface area contributed by atoms with E-state index in [9.17, 15) is 9.90 Å². The van der Waals surface area contributed by atoms with E-state index >= 15 is 0 Å². The van der Waals surface area contributed by atoms with E-state index in [2.05, 4.69) is 26.1 Å². The number of fused-ring (bicyclic) bond motifs is 1. The van der Waals surface area contributed by atoms with Gasteiger partial charge in [-0.2, -0.15) is 0 Å². The van der Waals surface area contributed by atoms with Gasteiger partial charge in [-0.05, 0) is 34.5 Å². The first-order valence-corrected chi connectivity index (χ1v) is 6.99. The second kappa shape index (κ2) is 4.77. The Morgan fingerprint density at radius 2 is 2.32 bits per heavy atom. The Morgan fingerprint density at radius 1 is 1.53 bits per heavy atom. The molecule has 0 aliphatic carbocycles. The van der Waals surface area contributed by atoms with Gasteiger partial charge in [-0.1, -0.05) is 0 Å². The number of carbonyl (C=O) groups excluding carboxylic acids is 1. The number of anilines is 2. The van der Waals surface area contributed by atoms with Gasteiger partial charge in [0.05, 0.1) is 11.8 Å². The van der Waals surface area contributed by atoms with Crippen LogP contribution in [-0.4, -0.2) is 37.3 Å². The molecule has 102 valence electrons. The van der Waals surface area contributed by atoms with Crippen molar-refractivity contribution in [2.24, 2.45) is 0 Å². The normalized spacial score (nSPS) is 25.6. The van der Waals surface area contributed by atoms with E-state index < -0.39 is 6.10 Å². The molecule has 3 rings (SSSR count). The molecular formula is C13H15BrN2O3. The van der Waals surface area contributed by atoms with Crippen molar-refractivity contribution < 1.29 is 14.6 Å². The maximum atomic E-state index is 11.5. The van der Waals surface area contributed by atoms with Crippen LogP contribution in [0.2, 0.25) is 0 Å². The number of hydrogen-bond donors (Lipinski definition) is 2. The van der Waals surface area contributed by atoms with Crippen LogP contribution in [0.25, 0.3) is 0 Å². The van der Waals surface area contributed by atoms with Gasteiger partial charge < -0.3 is 20.1 Å². The summed E-state index contributed by atoms with van der Waals surface area (Å²) in [7, 11) is 1.72. The lowest BCUT2D eigenvalue weighted by Crippen LogP contribution is -2.22. The molecule has 0 spiro atoms. The Hall–Kier alpha value is -1.11. The summed E-state index contributed by atoms with van der Waals surface area (Å²) in [6.45, 7) is 1.76. The van der Waals surface area contributed by atoms with Gasteiger partial charge >= 0.3 is 0 Å². The van der Waals surface area contributed by atoms with E-state index in [0.717, 1.165) is 29.7 Å². The van der Waals surface area contributed by atoms with E-state index in [0.29, 0.717) is 11.3 Å². The molecule has 2 atom stereocenters. The molecule has 6 heteroatoms. The molecule has 2 heterocycles. The SMILES string of the molecule is COC1CCN(c2cc3c(cc2Br)C(O)C(=O)N3)C1. The Morgan fingerprint density at radius 3 is 3.00 bits per heavy atom. The molecule has 1 amide bonds. The zero-order valence-electron chi connectivity index (χ0n) is 10.5. The topological polar surface area (TPSA) is 61.8 Å². The van der Waals surface area contributed by atoms with Crippen LogP contribution in [0.5, 0.6) is 0 Å². The van der Waals surface area contributed by atoms with Crippen LogP contribution in [0, 0.1) is 0 Å². The number of aliphatic hydroxyl groups is 1. The number of ether oxygens (including phenoxy) is 1. The first-order chi connectivity index (χ1) is 9.10. The van der Waals surface area contributed by atoms with Crippen LogP contribution in [0.3, 0.4) is 0 Å². The molecule has 1 aromatic carbocycles. The van der Waals surface area contributed by atoms with E-state index in [4.69, 9.17) is 4.74 Å². The Balaban J connectivity index is 1.92. The summed E-state index contributed by atoms with van der Waals surface area (Å²) < 4.78 is 6.25. The van der Waals surface area contributed by atoms with Gasteiger partial charge in [0.15, 0.2) is 6.10 Å². The number of aliphatic hydroxyl groups excluding tert-OH is 1. The highest BCUT2D eigenvalue weighted by Crippen LogP contribution is 2.39. The van der Waals surface area contributed by atoms with Gasteiger partial charge in [0.2, 0.25) is 0 Å². The molecule has 0 aromatic heterocycles. The standard InChI is InChI=1S/C13H15BrN2O3/c1-19-7-2-3-16(6-7)11-5-10-8(4-9(11)14)12(17)13(18)15-10/h4-5,7,12,17H,2-3,6H2,1H3,(H,15,18). The maximum Gasteiger partial charge on any atom is 0.257 e. The molecule has 0 radical (unpaired) electrons. The van der Waals surface area contributed by atoms with Crippen LogP contribution in [0.15, 0.2) is 16.6 Å². The minimum absolute atomic E-state index is 0.250. The highest BCUT2D eigenvalue weighted by molar-refractivity contribution is 9.10. The average Bonchev–Trinajstić information content (AvgIpc) is 2.96. The Bertz CT molecular complexity index is 535. The Kier molecular flexibility index (Phi) is 3.24. The fraction of sp³-hybridized carbons (Fsp3) is 0.462. The second-order valence-corrected chi connectivity index (χ2v) is 5.73. The summed E-state index contributed by atoms with van der Waals surface area (Å²) in [6, 6.07) is 3.72. The van der Waals surface area contributed by atoms with Crippen molar-refractivity contribution in [3.05, 3.63) is 22.2 Å². The highest BCUT2D eigenvalue weighted by atomic mass is 79.9. The molecule has 1 saturated heterocycles. The largest absolute Gasteiger partial charge is 0.380 e. The minimum Gasteiger partial charge on any atom is -0.380 e. The van der Waals surface area contributed by atoms with Gasteiger partial charge in [-0.3, -0.25) is 4.79 Å². The lowest BCUT2D eigenvalue weighted by Gasteiger charge is -2.21. The smallest absolute Gasteiger partial charge is 0.257 e. The maximum absolute atomic E-state index is 11.5. The number of halogens is 1. The zero-order chi connectivity index (χ0) is 13.6. The van der Waals surface area contributed by atoms with Crippen molar-refractivity contribution >= 4 is 33.2 Å². The predicted molar refractivity (Wildman–Crippen MR) is 75.4 cm³/mol. The molecule has 0 bridgehead atoms. The van der Waals surface area contributed by atoms with Crippen molar-refractivity contribution in [3.63, 3.8) is 0 Å². The monoisotopic (exact) mass is 326 g/mol. The number of nitrogens with one attached hydrogen (secondary N) is 1. The summed E-state index contributed by atoms with van der Waals surface area (Å²) in [4.78, 5) is 13.7. The van der Waals surface area contributed by atoms with E-state index in [1.165, 1.54) is 0 Å². The number of hydrogen-bond acceptors (Lipinski definition) is 4. The van der Waals surface area contributed by atoms with Crippen molar-refractivity contribution in [2.45, 2.75) is 18.6 Å². The molecule has 19 heavy (non-hydrogen) atoms. The quantitative estimate of drug-likeness (QED) is 0.867. The highest BCUT2D eigenvalue weighted by Gasteiger charge is 2.31. The molecule has 1 aromatic rings. The molecule has 2 unspecified atom stereocenters. The molecule has 2 N–H and O–H groups in total. The third kappa shape index (κ3) is 2.13. The first kappa shape index (κ1) is 12.9. The number of benzene rings is 1. The number of methoxy groups -OCH3 is 1. The van der Waals surface area contributed by atoms with Crippen molar-refractivity contribution in [1.82, 2.24) is 0 Å². The van der Waals surface area contributed by atoms with Gasteiger partial charge in [0.1, 0.15) is 0 Å². The molecule has 2 aliphatic rings. The number of rotatable bonds is 2. The van der Waals surface area contributed by atoms with E-state index in [-0.39, 0.29) is 12.0 Å². The fourth-order valence-corrected chi connectivity index (χ4v) is 3.25. The van der Waals surface area contributed by atoms with Crippen LogP contribution in [0.1, 0.15) is 18.1 Å². The number of amides is 1. The molecule has 2 aliphatic heterocycles. The summed E-state index contributed by atoms with van der Waals surface area (Å²) in [5.74, 6) is -0.366. The third-order valence-corrected chi connectivity index (χ3v) is 4.37. The van der Waals surface area contributed by atoms with Gasteiger partial charge in [-0.25, -0.2) is 0 Å². The number of carbonyl (C=O) groups is 1. The molecule has 0 saturated carbocycles.